The first-order chi connectivity index (χ1) is 10.2. The molecule has 6 heteroatoms. The van der Waals surface area contributed by atoms with Crippen molar-refractivity contribution >= 4 is 17.7 Å². The van der Waals surface area contributed by atoms with Gasteiger partial charge < -0.3 is 9.47 Å². The number of hydrogen-bond donors (Lipinski definition) is 0. The average Bonchev–Trinajstić information content (AvgIpc) is 2.48. The number of nitrogens with zero attached hydrogens (tertiary/aromatic N) is 2. The van der Waals surface area contributed by atoms with E-state index < -0.39 is 0 Å². The minimum Gasteiger partial charge on any atom is -0.465 e. The van der Waals surface area contributed by atoms with E-state index in [9.17, 15) is 4.79 Å². The summed E-state index contributed by atoms with van der Waals surface area (Å²) >= 11 is 1.29. The highest BCUT2D eigenvalue weighted by atomic mass is 32.2. The zero-order chi connectivity index (χ0) is 15.1. The second kappa shape index (κ2) is 7.64. The summed E-state index contributed by atoms with van der Waals surface area (Å²) in [5, 5.41) is 0.667. The number of carbonyl (C=O) groups is 1. The van der Waals surface area contributed by atoms with Crippen LogP contribution >= 0.6 is 11.8 Å². The summed E-state index contributed by atoms with van der Waals surface area (Å²) < 4.78 is 10.5. The third-order valence-electron chi connectivity index (χ3n) is 2.50. The molecule has 0 unspecified atom stereocenters. The Labute approximate surface area is 127 Å². The molecule has 0 spiro atoms. The van der Waals surface area contributed by atoms with Gasteiger partial charge in [-0.25, -0.2) is 9.97 Å². The Balaban J connectivity index is 1.97. The molecule has 0 fully saturated rings. The second-order valence-corrected chi connectivity index (χ2v) is 5.20. The van der Waals surface area contributed by atoms with Crippen LogP contribution in [-0.2, 0) is 9.53 Å². The Hall–Kier alpha value is -2.08. The molecule has 0 saturated carbocycles. The van der Waals surface area contributed by atoms with E-state index in [1.807, 2.05) is 31.2 Å². The summed E-state index contributed by atoms with van der Waals surface area (Å²) in [5.41, 5.74) is 1.16. The molecule has 1 aromatic carbocycles. The number of thioether (sulfide) groups is 1. The topological polar surface area (TPSA) is 61.3 Å². The lowest BCUT2D eigenvalue weighted by Gasteiger charge is -2.06. The van der Waals surface area contributed by atoms with Crippen LogP contribution < -0.4 is 4.74 Å². The number of hydrogen-bond acceptors (Lipinski definition) is 6. The molecule has 0 N–H and O–H groups in total. The Kier molecular flexibility index (Phi) is 5.57. The van der Waals surface area contributed by atoms with E-state index in [2.05, 4.69) is 9.97 Å². The SMILES string of the molecule is CCOC(=O)CSc1cc(Oc2ccc(C)cc2)ncn1. The van der Waals surface area contributed by atoms with Crippen molar-refractivity contribution in [1.29, 1.82) is 0 Å². The minimum atomic E-state index is -0.262. The fourth-order valence-electron chi connectivity index (χ4n) is 1.52. The van der Waals surface area contributed by atoms with Crippen LogP contribution in [0.5, 0.6) is 11.6 Å². The Morgan fingerprint density at radius 3 is 2.71 bits per heavy atom. The lowest BCUT2D eigenvalue weighted by Crippen LogP contribution is -2.06. The predicted octanol–water partition coefficient (Wildman–Crippen LogP) is 3.23. The number of rotatable bonds is 6. The number of aryl methyl sites for hydroxylation is 1. The standard InChI is InChI=1S/C15H16N2O3S/c1-3-19-15(18)9-21-14-8-13(16-10-17-14)20-12-6-4-11(2)5-7-12/h4-8,10H,3,9H2,1-2H3. The van der Waals surface area contributed by atoms with Crippen molar-refractivity contribution < 1.29 is 14.3 Å². The van der Waals surface area contributed by atoms with Crippen LogP contribution in [0.4, 0.5) is 0 Å². The predicted molar refractivity (Wildman–Crippen MR) is 80.6 cm³/mol. The number of benzene rings is 1. The van der Waals surface area contributed by atoms with E-state index in [1.165, 1.54) is 18.1 Å². The zero-order valence-electron chi connectivity index (χ0n) is 11.9. The van der Waals surface area contributed by atoms with Crippen LogP contribution in [0.3, 0.4) is 0 Å². The summed E-state index contributed by atoms with van der Waals surface area (Å²) in [6, 6.07) is 9.38. The molecule has 0 bridgehead atoms. The molecule has 0 aliphatic carbocycles. The molecule has 1 heterocycles. The Morgan fingerprint density at radius 1 is 1.24 bits per heavy atom. The van der Waals surface area contributed by atoms with Crippen molar-refractivity contribution in [2.24, 2.45) is 0 Å². The van der Waals surface area contributed by atoms with Gasteiger partial charge in [0.2, 0.25) is 5.88 Å². The van der Waals surface area contributed by atoms with Crippen LogP contribution in [0.1, 0.15) is 12.5 Å². The van der Waals surface area contributed by atoms with E-state index in [4.69, 9.17) is 9.47 Å². The van der Waals surface area contributed by atoms with Crippen LogP contribution in [0, 0.1) is 6.92 Å². The molecule has 21 heavy (non-hydrogen) atoms. The monoisotopic (exact) mass is 304 g/mol. The summed E-state index contributed by atoms with van der Waals surface area (Å²) in [6.07, 6.45) is 1.41. The van der Waals surface area contributed by atoms with Crippen molar-refractivity contribution in [2.75, 3.05) is 12.4 Å². The number of aromatic nitrogens is 2. The number of esters is 1. The minimum absolute atomic E-state index is 0.217. The van der Waals surface area contributed by atoms with Gasteiger partial charge in [-0.3, -0.25) is 4.79 Å². The van der Waals surface area contributed by atoms with Gasteiger partial charge in [0.1, 0.15) is 17.1 Å². The number of ether oxygens (including phenoxy) is 2. The smallest absolute Gasteiger partial charge is 0.316 e. The first-order valence-corrected chi connectivity index (χ1v) is 7.51. The average molecular weight is 304 g/mol. The molecule has 5 nitrogen and oxygen atoms in total. The summed E-state index contributed by atoms with van der Waals surface area (Å²) in [7, 11) is 0. The molecule has 0 aliphatic rings. The summed E-state index contributed by atoms with van der Waals surface area (Å²) in [4.78, 5) is 19.5. The van der Waals surface area contributed by atoms with Crippen LogP contribution in [0.2, 0.25) is 0 Å². The van der Waals surface area contributed by atoms with Crippen LogP contribution in [-0.4, -0.2) is 28.3 Å². The Morgan fingerprint density at radius 2 is 2.00 bits per heavy atom. The van der Waals surface area contributed by atoms with Crippen LogP contribution in [0.15, 0.2) is 41.7 Å². The molecule has 0 radical (unpaired) electrons. The third-order valence-corrected chi connectivity index (χ3v) is 3.40. The summed E-state index contributed by atoms with van der Waals surface area (Å²) in [5.74, 6) is 1.11. The molecule has 0 amide bonds. The lowest BCUT2D eigenvalue weighted by atomic mass is 10.2. The van der Waals surface area contributed by atoms with Crippen LogP contribution in [0.25, 0.3) is 0 Å². The molecule has 2 rings (SSSR count). The quantitative estimate of drug-likeness (QED) is 0.464. The Bertz CT molecular complexity index is 602. The van der Waals surface area contributed by atoms with Gasteiger partial charge in [0, 0.05) is 6.07 Å². The van der Waals surface area contributed by atoms with Crippen molar-refractivity contribution in [3.63, 3.8) is 0 Å². The first kappa shape index (κ1) is 15.3. The highest BCUT2D eigenvalue weighted by Gasteiger charge is 2.06. The second-order valence-electron chi connectivity index (χ2n) is 4.20. The lowest BCUT2D eigenvalue weighted by molar-refractivity contribution is -0.139. The van der Waals surface area contributed by atoms with Gasteiger partial charge in [0.15, 0.2) is 0 Å². The maximum absolute atomic E-state index is 11.3. The van der Waals surface area contributed by atoms with E-state index in [0.29, 0.717) is 23.3 Å². The van der Waals surface area contributed by atoms with Crippen molar-refractivity contribution in [2.45, 2.75) is 18.9 Å². The van der Waals surface area contributed by atoms with Gasteiger partial charge >= 0.3 is 5.97 Å². The van der Waals surface area contributed by atoms with Gasteiger partial charge in [-0.1, -0.05) is 29.5 Å². The number of carbonyl (C=O) groups excluding carboxylic acids is 1. The van der Waals surface area contributed by atoms with E-state index >= 15 is 0 Å². The molecule has 1 aromatic heterocycles. The fraction of sp³-hybridized carbons (Fsp3) is 0.267. The maximum atomic E-state index is 11.3. The largest absolute Gasteiger partial charge is 0.465 e. The fourth-order valence-corrected chi connectivity index (χ4v) is 2.18. The normalized spacial score (nSPS) is 10.2. The van der Waals surface area contributed by atoms with Crippen molar-refractivity contribution in [3.05, 3.63) is 42.2 Å². The molecule has 2 aromatic rings. The highest BCUT2D eigenvalue weighted by Crippen LogP contribution is 2.23. The first-order valence-electron chi connectivity index (χ1n) is 6.52. The molecular formula is C15H16N2O3S. The van der Waals surface area contributed by atoms with Gasteiger partial charge in [0.25, 0.3) is 0 Å². The molecule has 110 valence electrons. The molecule has 0 atom stereocenters. The van der Waals surface area contributed by atoms with E-state index in [-0.39, 0.29) is 11.7 Å². The zero-order valence-corrected chi connectivity index (χ0v) is 12.7. The van der Waals surface area contributed by atoms with E-state index in [0.717, 1.165) is 5.56 Å². The maximum Gasteiger partial charge on any atom is 0.316 e. The van der Waals surface area contributed by atoms with Crippen molar-refractivity contribution in [1.82, 2.24) is 9.97 Å². The van der Waals surface area contributed by atoms with Gasteiger partial charge in [-0.2, -0.15) is 0 Å². The summed E-state index contributed by atoms with van der Waals surface area (Å²) in [6.45, 7) is 4.17. The molecular weight excluding hydrogens is 288 g/mol. The van der Waals surface area contributed by atoms with Gasteiger partial charge in [-0.05, 0) is 26.0 Å². The third kappa shape index (κ3) is 5.07. The molecule has 0 aliphatic heterocycles. The highest BCUT2D eigenvalue weighted by molar-refractivity contribution is 7.99. The van der Waals surface area contributed by atoms with E-state index in [1.54, 1.807) is 13.0 Å². The van der Waals surface area contributed by atoms with Gasteiger partial charge in [-0.15, -0.1) is 0 Å². The van der Waals surface area contributed by atoms with Gasteiger partial charge in [0.05, 0.1) is 12.4 Å². The van der Waals surface area contributed by atoms with Crippen molar-refractivity contribution in [3.8, 4) is 11.6 Å². The molecule has 0 saturated heterocycles.